The second-order valence-corrected chi connectivity index (χ2v) is 6.84. The van der Waals surface area contributed by atoms with Crippen molar-refractivity contribution < 1.29 is 0 Å². The van der Waals surface area contributed by atoms with Crippen LogP contribution >= 0.6 is 0 Å². The first kappa shape index (κ1) is 15.2. The monoisotopic (exact) mass is 316 g/mol. The predicted molar refractivity (Wildman–Crippen MR) is 103 cm³/mol. The normalized spacial score (nSPS) is 15.3. The van der Waals surface area contributed by atoms with Gasteiger partial charge in [-0.2, -0.15) is 0 Å². The fourth-order valence-corrected chi connectivity index (χ4v) is 3.68. The van der Waals surface area contributed by atoms with E-state index in [0.717, 1.165) is 26.1 Å². The summed E-state index contributed by atoms with van der Waals surface area (Å²) in [7, 11) is 0. The number of benzene rings is 2. The molecule has 1 heterocycles. The van der Waals surface area contributed by atoms with Crippen LogP contribution in [-0.4, -0.2) is 17.7 Å². The summed E-state index contributed by atoms with van der Waals surface area (Å²) >= 11 is 0. The Bertz CT molecular complexity index is 861. The van der Waals surface area contributed by atoms with Crippen LogP contribution in [0.2, 0.25) is 0 Å². The first-order valence-corrected chi connectivity index (χ1v) is 8.84. The summed E-state index contributed by atoms with van der Waals surface area (Å²) in [6.45, 7) is 5.42. The summed E-state index contributed by atoms with van der Waals surface area (Å²) in [6, 6.07) is 17.5. The largest absolute Gasteiger partial charge is 0.340 e. The Morgan fingerprint density at radius 1 is 1.00 bits per heavy atom. The Morgan fingerprint density at radius 3 is 2.29 bits per heavy atom. The van der Waals surface area contributed by atoms with Gasteiger partial charge in [-0.05, 0) is 31.0 Å². The molecule has 4 rings (SSSR count). The van der Waals surface area contributed by atoms with Gasteiger partial charge in [0.25, 0.3) is 0 Å². The molecular weight excluding hydrogens is 292 g/mol. The zero-order chi connectivity index (χ0) is 16.4. The summed E-state index contributed by atoms with van der Waals surface area (Å²) in [5.41, 5.74) is 4.17. The number of rotatable bonds is 6. The van der Waals surface area contributed by atoms with E-state index in [9.17, 15) is 0 Å². The van der Waals surface area contributed by atoms with Gasteiger partial charge in [0.05, 0.1) is 0 Å². The summed E-state index contributed by atoms with van der Waals surface area (Å²) in [5, 5.41) is 6.33. The first-order valence-electron chi connectivity index (χ1n) is 8.84. The van der Waals surface area contributed by atoms with Crippen molar-refractivity contribution in [3.8, 4) is 0 Å². The maximum Gasteiger partial charge on any atom is 0.0491 e. The van der Waals surface area contributed by atoms with Crippen molar-refractivity contribution in [2.45, 2.75) is 19.9 Å². The van der Waals surface area contributed by atoms with Crippen molar-refractivity contribution in [2.24, 2.45) is 5.92 Å². The van der Waals surface area contributed by atoms with Gasteiger partial charge in [0.15, 0.2) is 0 Å². The average Bonchev–Trinajstić information content (AvgIpc) is 3.23. The van der Waals surface area contributed by atoms with Crippen molar-refractivity contribution in [3.05, 3.63) is 72.3 Å². The molecule has 1 atom stereocenters. The number of fused-ring (bicyclic) bond motifs is 3. The lowest BCUT2D eigenvalue weighted by atomic mass is 10.1. The van der Waals surface area contributed by atoms with Crippen LogP contribution in [0.25, 0.3) is 21.8 Å². The molecule has 1 N–H and O–H groups in total. The van der Waals surface area contributed by atoms with Crippen LogP contribution in [0, 0.1) is 5.92 Å². The quantitative estimate of drug-likeness (QED) is 0.684. The third kappa shape index (κ3) is 2.90. The maximum absolute atomic E-state index is 3.61. The average molecular weight is 316 g/mol. The van der Waals surface area contributed by atoms with E-state index in [1.165, 1.54) is 27.4 Å². The highest BCUT2D eigenvalue weighted by Gasteiger charge is 2.12. The Labute approximate surface area is 143 Å². The molecule has 0 radical (unpaired) electrons. The Kier molecular flexibility index (Phi) is 4.22. The zero-order valence-electron chi connectivity index (χ0n) is 14.2. The molecule has 0 spiro atoms. The molecule has 1 aliphatic carbocycles. The minimum absolute atomic E-state index is 0.583. The maximum atomic E-state index is 3.61. The van der Waals surface area contributed by atoms with Crippen LogP contribution in [0.5, 0.6) is 0 Å². The minimum Gasteiger partial charge on any atom is -0.340 e. The molecule has 0 saturated heterocycles. The highest BCUT2D eigenvalue weighted by atomic mass is 15.0. The number of nitrogens with one attached hydrogen (secondary N) is 1. The molecule has 2 aromatic carbocycles. The lowest BCUT2D eigenvalue weighted by Crippen LogP contribution is -2.25. The van der Waals surface area contributed by atoms with E-state index in [0.29, 0.717) is 5.92 Å². The van der Waals surface area contributed by atoms with Crippen LogP contribution in [0.1, 0.15) is 13.3 Å². The number of hydrogen-bond donors (Lipinski definition) is 1. The van der Waals surface area contributed by atoms with Crippen molar-refractivity contribution in [1.29, 1.82) is 0 Å². The van der Waals surface area contributed by atoms with Crippen LogP contribution in [0.4, 0.5) is 0 Å². The number of hydrogen-bond acceptors (Lipinski definition) is 1. The van der Waals surface area contributed by atoms with Gasteiger partial charge < -0.3 is 9.88 Å². The van der Waals surface area contributed by atoms with E-state index in [-0.39, 0.29) is 0 Å². The second kappa shape index (κ2) is 6.66. The fourth-order valence-electron chi connectivity index (χ4n) is 3.68. The molecule has 2 nitrogen and oxygen atoms in total. The number of allylic oxidation sites excluding steroid dienone is 3. The van der Waals surface area contributed by atoms with E-state index >= 15 is 0 Å². The fraction of sp³-hybridized carbons (Fsp3) is 0.273. The van der Waals surface area contributed by atoms with E-state index in [1.54, 1.807) is 0 Å². The molecule has 1 aromatic heterocycles. The lowest BCUT2D eigenvalue weighted by molar-refractivity contribution is 0.466. The van der Waals surface area contributed by atoms with Crippen LogP contribution in [0.15, 0.2) is 72.3 Å². The number of aromatic nitrogens is 1. The highest BCUT2D eigenvalue weighted by Crippen LogP contribution is 2.29. The van der Waals surface area contributed by atoms with Crippen molar-refractivity contribution in [3.63, 3.8) is 0 Å². The van der Waals surface area contributed by atoms with Crippen LogP contribution in [-0.2, 0) is 6.54 Å². The van der Waals surface area contributed by atoms with Gasteiger partial charge >= 0.3 is 0 Å². The van der Waals surface area contributed by atoms with Gasteiger partial charge in [-0.1, -0.05) is 67.1 Å². The summed E-state index contributed by atoms with van der Waals surface area (Å²) < 4.78 is 2.48. The molecule has 0 aliphatic heterocycles. The molecule has 0 saturated carbocycles. The predicted octanol–water partition coefficient (Wildman–Crippen LogP) is 4.91. The molecule has 2 heteroatoms. The molecule has 0 amide bonds. The third-order valence-electron chi connectivity index (χ3n) is 4.87. The van der Waals surface area contributed by atoms with E-state index in [4.69, 9.17) is 0 Å². The van der Waals surface area contributed by atoms with Gasteiger partial charge in [-0.25, -0.2) is 0 Å². The number of nitrogens with zero attached hydrogens (tertiary/aromatic N) is 1. The molecule has 0 bridgehead atoms. The summed E-state index contributed by atoms with van der Waals surface area (Å²) in [5.74, 6) is 0.583. The minimum atomic E-state index is 0.583. The molecule has 0 fully saturated rings. The van der Waals surface area contributed by atoms with Gasteiger partial charge in [0.2, 0.25) is 0 Å². The van der Waals surface area contributed by atoms with Crippen molar-refractivity contribution in [2.75, 3.05) is 13.1 Å². The standard InChI is InChI=1S/C22H24N2/c1-17(14-23-15-18-8-2-3-9-18)16-24-21-12-6-4-10-19(21)20-11-5-7-13-22(20)24/h2-8,10-13,17,23H,9,14-16H2,1H3. The lowest BCUT2D eigenvalue weighted by Gasteiger charge is -2.16. The Hall–Kier alpha value is -2.32. The molecular formula is C22H24N2. The highest BCUT2D eigenvalue weighted by molar-refractivity contribution is 6.07. The molecule has 3 aromatic rings. The van der Waals surface area contributed by atoms with Gasteiger partial charge in [-0.3, -0.25) is 0 Å². The van der Waals surface area contributed by atoms with E-state index < -0.39 is 0 Å². The SMILES string of the molecule is CC(CNCC1=CC=CC1)Cn1c2ccccc2c2ccccc21. The zero-order valence-corrected chi connectivity index (χ0v) is 14.2. The Balaban J connectivity index is 1.52. The summed E-state index contributed by atoms with van der Waals surface area (Å²) in [4.78, 5) is 0. The van der Waals surface area contributed by atoms with Crippen molar-refractivity contribution >= 4 is 21.8 Å². The summed E-state index contributed by atoms with van der Waals surface area (Å²) in [6.07, 6.45) is 7.70. The first-order chi connectivity index (χ1) is 11.8. The van der Waals surface area contributed by atoms with Gasteiger partial charge in [0, 0.05) is 34.9 Å². The molecule has 24 heavy (non-hydrogen) atoms. The second-order valence-electron chi connectivity index (χ2n) is 6.84. The number of para-hydroxylation sites is 2. The van der Waals surface area contributed by atoms with Gasteiger partial charge in [-0.15, -0.1) is 0 Å². The van der Waals surface area contributed by atoms with Gasteiger partial charge in [0.1, 0.15) is 0 Å². The van der Waals surface area contributed by atoms with E-state index in [1.807, 2.05) is 0 Å². The molecule has 1 unspecified atom stereocenters. The molecule has 1 aliphatic rings. The van der Waals surface area contributed by atoms with Crippen LogP contribution < -0.4 is 5.32 Å². The van der Waals surface area contributed by atoms with E-state index in [2.05, 4.69) is 83.6 Å². The topological polar surface area (TPSA) is 17.0 Å². The van der Waals surface area contributed by atoms with Crippen LogP contribution in [0.3, 0.4) is 0 Å². The third-order valence-corrected chi connectivity index (χ3v) is 4.87. The smallest absolute Gasteiger partial charge is 0.0491 e. The molecule has 122 valence electrons. The Morgan fingerprint density at radius 2 is 1.67 bits per heavy atom. The van der Waals surface area contributed by atoms with Crippen molar-refractivity contribution in [1.82, 2.24) is 9.88 Å².